The molecule has 7 heteroatoms. The van der Waals surface area contributed by atoms with Crippen LogP contribution >= 0.6 is 23.1 Å². The monoisotopic (exact) mass is 406 g/mol. The Morgan fingerprint density at radius 3 is 2.67 bits per heavy atom. The fourth-order valence-corrected chi connectivity index (χ4v) is 4.62. The van der Waals surface area contributed by atoms with Gasteiger partial charge >= 0.3 is 0 Å². The van der Waals surface area contributed by atoms with Crippen LogP contribution in [0.2, 0.25) is 0 Å². The van der Waals surface area contributed by atoms with E-state index in [1.54, 1.807) is 23.9 Å². The van der Waals surface area contributed by atoms with Gasteiger partial charge in [-0.3, -0.25) is 9.59 Å². The number of hydrogen-bond acceptors (Lipinski definition) is 4. The van der Waals surface area contributed by atoms with Gasteiger partial charge < -0.3 is 10.2 Å². The summed E-state index contributed by atoms with van der Waals surface area (Å²) in [6.07, 6.45) is 1.40. The maximum absolute atomic E-state index is 13.5. The number of thiophene rings is 1. The Hall–Kier alpha value is -1.86. The van der Waals surface area contributed by atoms with E-state index in [1.165, 1.54) is 17.4 Å². The molecule has 1 N–H and O–H groups in total. The summed E-state index contributed by atoms with van der Waals surface area (Å²) in [4.78, 5) is 27.2. The molecule has 1 aliphatic heterocycles. The highest BCUT2D eigenvalue weighted by molar-refractivity contribution is 7.98. The molecular weight excluding hydrogens is 383 g/mol. The van der Waals surface area contributed by atoms with E-state index < -0.39 is 0 Å². The lowest BCUT2D eigenvalue weighted by atomic mass is 9.96. The maximum atomic E-state index is 13.5. The fourth-order valence-electron chi connectivity index (χ4n) is 3.09. The summed E-state index contributed by atoms with van der Waals surface area (Å²) in [5.74, 6) is 1.26. The minimum Gasteiger partial charge on any atom is -0.355 e. The van der Waals surface area contributed by atoms with Crippen LogP contribution in [-0.4, -0.2) is 42.1 Å². The molecule has 1 aliphatic rings. The Bertz CT molecular complexity index is 759. The first kappa shape index (κ1) is 19.9. The average Bonchev–Trinajstić information content (AvgIpc) is 3.23. The molecule has 1 fully saturated rings. The van der Waals surface area contributed by atoms with E-state index in [0.29, 0.717) is 43.8 Å². The molecule has 2 aromatic rings. The van der Waals surface area contributed by atoms with Crippen molar-refractivity contribution in [3.05, 3.63) is 58.0 Å². The lowest BCUT2D eigenvalue weighted by molar-refractivity contribution is -0.126. The minimum absolute atomic E-state index is 0.0334. The van der Waals surface area contributed by atoms with Gasteiger partial charge in [0.15, 0.2) is 0 Å². The lowest BCUT2D eigenvalue weighted by Gasteiger charge is -2.31. The highest BCUT2D eigenvalue weighted by Gasteiger charge is 2.27. The Morgan fingerprint density at radius 1 is 1.19 bits per heavy atom. The number of likely N-dealkylation sites (tertiary alicyclic amines) is 1. The van der Waals surface area contributed by atoms with Gasteiger partial charge in [0.05, 0.1) is 4.88 Å². The van der Waals surface area contributed by atoms with Crippen LogP contribution in [0.3, 0.4) is 0 Å². The Labute approximate surface area is 167 Å². The third kappa shape index (κ3) is 5.56. The van der Waals surface area contributed by atoms with Crippen molar-refractivity contribution in [2.75, 3.05) is 25.4 Å². The van der Waals surface area contributed by atoms with Gasteiger partial charge in [0.1, 0.15) is 5.82 Å². The van der Waals surface area contributed by atoms with Crippen LogP contribution in [0.5, 0.6) is 0 Å². The maximum Gasteiger partial charge on any atom is 0.263 e. The molecule has 2 heterocycles. The van der Waals surface area contributed by atoms with Crippen molar-refractivity contribution in [1.29, 1.82) is 0 Å². The molecule has 1 aromatic heterocycles. The summed E-state index contributed by atoms with van der Waals surface area (Å²) in [6.45, 7) is 1.82. The zero-order chi connectivity index (χ0) is 19.1. The van der Waals surface area contributed by atoms with Crippen molar-refractivity contribution in [3.8, 4) is 0 Å². The summed E-state index contributed by atoms with van der Waals surface area (Å²) in [5, 5.41) is 4.87. The van der Waals surface area contributed by atoms with Crippen molar-refractivity contribution in [2.45, 2.75) is 18.6 Å². The number of carbonyl (C=O) groups excluding carboxylic acids is 2. The standard InChI is InChI=1S/C20H23FN2O2S2/c21-17-5-2-1-4-16(17)14-26-13-9-22-19(24)15-7-10-23(11-8-15)20(25)18-6-3-12-27-18/h1-6,12,15H,7-11,13-14H2,(H,22,24). The molecule has 0 unspecified atom stereocenters. The number of nitrogens with zero attached hydrogens (tertiary/aromatic N) is 1. The van der Waals surface area contributed by atoms with E-state index in [2.05, 4.69) is 5.32 Å². The van der Waals surface area contributed by atoms with E-state index in [-0.39, 0.29) is 23.5 Å². The Morgan fingerprint density at radius 2 is 1.96 bits per heavy atom. The van der Waals surface area contributed by atoms with E-state index in [1.807, 2.05) is 28.5 Å². The van der Waals surface area contributed by atoms with Crippen LogP contribution in [0.1, 0.15) is 28.1 Å². The van der Waals surface area contributed by atoms with Gasteiger partial charge in [-0.15, -0.1) is 11.3 Å². The predicted molar refractivity (Wildman–Crippen MR) is 109 cm³/mol. The van der Waals surface area contributed by atoms with Crippen LogP contribution in [0.15, 0.2) is 41.8 Å². The number of thioether (sulfide) groups is 1. The molecule has 0 atom stereocenters. The van der Waals surface area contributed by atoms with Gasteiger partial charge in [0.25, 0.3) is 5.91 Å². The van der Waals surface area contributed by atoms with Crippen LogP contribution in [0.4, 0.5) is 4.39 Å². The molecule has 0 saturated carbocycles. The van der Waals surface area contributed by atoms with Crippen LogP contribution in [0, 0.1) is 11.7 Å². The fraction of sp³-hybridized carbons (Fsp3) is 0.400. The first-order valence-electron chi connectivity index (χ1n) is 9.07. The van der Waals surface area contributed by atoms with Gasteiger partial charge in [0, 0.05) is 37.1 Å². The lowest BCUT2D eigenvalue weighted by Crippen LogP contribution is -2.43. The molecule has 27 heavy (non-hydrogen) atoms. The number of amides is 2. The van der Waals surface area contributed by atoms with Gasteiger partial charge in [0.2, 0.25) is 5.91 Å². The van der Waals surface area contributed by atoms with Gasteiger partial charge in [-0.25, -0.2) is 4.39 Å². The summed E-state index contributed by atoms with van der Waals surface area (Å²) in [5.41, 5.74) is 0.691. The van der Waals surface area contributed by atoms with Crippen LogP contribution in [0.25, 0.3) is 0 Å². The molecule has 0 spiro atoms. The quantitative estimate of drug-likeness (QED) is 0.712. The van der Waals surface area contributed by atoms with Crippen molar-refractivity contribution in [2.24, 2.45) is 5.92 Å². The van der Waals surface area contributed by atoms with Crippen molar-refractivity contribution in [1.82, 2.24) is 10.2 Å². The number of piperidine rings is 1. The molecular formula is C20H23FN2O2S2. The molecule has 144 valence electrons. The highest BCUT2D eigenvalue weighted by atomic mass is 32.2. The third-order valence-electron chi connectivity index (χ3n) is 4.65. The predicted octanol–water partition coefficient (Wildman–Crippen LogP) is 3.79. The van der Waals surface area contributed by atoms with Gasteiger partial charge in [-0.1, -0.05) is 24.3 Å². The number of rotatable bonds is 7. The molecule has 0 bridgehead atoms. The van der Waals surface area contributed by atoms with Gasteiger partial charge in [-0.2, -0.15) is 11.8 Å². The van der Waals surface area contributed by atoms with E-state index in [9.17, 15) is 14.0 Å². The zero-order valence-corrected chi connectivity index (χ0v) is 16.7. The SMILES string of the molecule is O=C(NCCSCc1ccccc1F)C1CCN(C(=O)c2cccs2)CC1. The van der Waals surface area contributed by atoms with Crippen molar-refractivity contribution >= 4 is 34.9 Å². The molecule has 2 amide bonds. The van der Waals surface area contributed by atoms with Crippen LogP contribution in [-0.2, 0) is 10.5 Å². The first-order chi connectivity index (χ1) is 13.1. The van der Waals surface area contributed by atoms with Crippen molar-refractivity contribution < 1.29 is 14.0 Å². The molecule has 3 rings (SSSR count). The molecule has 1 saturated heterocycles. The molecule has 0 radical (unpaired) electrons. The normalized spacial score (nSPS) is 14.9. The molecule has 1 aromatic carbocycles. The smallest absolute Gasteiger partial charge is 0.263 e. The number of carbonyl (C=O) groups is 2. The van der Waals surface area contributed by atoms with Gasteiger partial charge in [-0.05, 0) is 35.9 Å². The second kappa shape index (κ2) is 9.90. The van der Waals surface area contributed by atoms with Crippen molar-refractivity contribution in [3.63, 3.8) is 0 Å². The zero-order valence-electron chi connectivity index (χ0n) is 15.0. The second-order valence-electron chi connectivity index (χ2n) is 6.48. The minimum atomic E-state index is -0.183. The number of nitrogens with one attached hydrogen (secondary N) is 1. The summed E-state index contributed by atoms with van der Waals surface area (Å²) >= 11 is 3.06. The summed E-state index contributed by atoms with van der Waals surface area (Å²) < 4.78 is 13.5. The Balaban J connectivity index is 1.33. The largest absolute Gasteiger partial charge is 0.355 e. The van der Waals surface area contributed by atoms with E-state index in [4.69, 9.17) is 0 Å². The first-order valence-corrected chi connectivity index (χ1v) is 11.1. The highest BCUT2D eigenvalue weighted by Crippen LogP contribution is 2.21. The topological polar surface area (TPSA) is 49.4 Å². The van der Waals surface area contributed by atoms with E-state index in [0.717, 1.165) is 10.6 Å². The van der Waals surface area contributed by atoms with E-state index >= 15 is 0 Å². The third-order valence-corrected chi connectivity index (χ3v) is 6.51. The average molecular weight is 407 g/mol. The second-order valence-corrected chi connectivity index (χ2v) is 8.53. The number of halogens is 1. The molecule has 4 nitrogen and oxygen atoms in total. The number of hydrogen-bond donors (Lipinski definition) is 1. The summed E-state index contributed by atoms with van der Waals surface area (Å²) in [7, 11) is 0. The summed E-state index contributed by atoms with van der Waals surface area (Å²) in [6, 6.07) is 10.5. The molecule has 0 aliphatic carbocycles. The Kier molecular flexibility index (Phi) is 7.29. The van der Waals surface area contributed by atoms with Crippen LogP contribution < -0.4 is 5.32 Å². The number of benzene rings is 1.